The first-order valence-corrected chi connectivity index (χ1v) is 8.59. The second-order valence-corrected chi connectivity index (χ2v) is 7.63. The lowest BCUT2D eigenvalue weighted by atomic mass is 10.1. The number of nitrogens with zero attached hydrogens (tertiary/aromatic N) is 1. The molecular weight excluding hydrogens is 367 g/mol. The average Bonchev–Trinajstić information content (AvgIpc) is 3.14. The summed E-state index contributed by atoms with van der Waals surface area (Å²) in [7, 11) is -4.33. The van der Waals surface area contributed by atoms with E-state index < -0.39 is 37.0 Å². The first-order chi connectivity index (χ1) is 11.7. The highest BCUT2D eigenvalue weighted by Gasteiger charge is 2.60. The number of halogens is 6. The van der Waals surface area contributed by atoms with Crippen LogP contribution < -0.4 is 0 Å². The maximum atomic E-state index is 13.0. The molecule has 9 heteroatoms. The molecule has 1 aromatic rings. The zero-order chi connectivity index (χ0) is 18.2. The molecule has 1 unspecified atom stereocenters. The Morgan fingerprint density at radius 2 is 1.64 bits per heavy atom. The molecule has 2 atom stereocenters. The highest BCUT2D eigenvalue weighted by atomic mass is 31.1. The normalized spacial score (nSPS) is 23.6. The first kappa shape index (κ1) is 18.0. The van der Waals surface area contributed by atoms with Crippen LogP contribution in [0.4, 0.5) is 26.3 Å². The van der Waals surface area contributed by atoms with Gasteiger partial charge in [-0.3, -0.25) is 0 Å². The predicted octanol–water partition coefficient (Wildman–Crippen LogP) is 5.75. The number of rotatable bonds is 3. The Bertz CT molecular complexity index is 708. The third kappa shape index (κ3) is 3.73. The molecule has 0 spiro atoms. The topological polar surface area (TPSA) is 21.6 Å². The summed E-state index contributed by atoms with van der Waals surface area (Å²) in [5.74, 6) is -12.1. The molecule has 2 nitrogen and oxygen atoms in total. The van der Waals surface area contributed by atoms with Crippen LogP contribution in [0, 0.1) is 5.92 Å². The number of allylic oxidation sites excluding steroid dienone is 2. The Balaban J connectivity index is 1.88. The van der Waals surface area contributed by atoms with E-state index in [1.807, 2.05) is 0 Å². The SMILES string of the molecule is FC(F)(F)P(C1=CC=CC1C1=N[C@@H](c2ccccc2)CO1)C(F)(F)F. The van der Waals surface area contributed by atoms with Crippen LogP contribution in [0.3, 0.4) is 0 Å². The molecule has 1 aliphatic carbocycles. The van der Waals surface area contributed by atoms with Gasteiger partial charge in [-0.15, -0.1) is 0 Å². The van der Waals surface area contributed by atoms with Crippen LogP contribution in [0.25, 0.3) is 0 Å². The zero-order valence-electron chi connectivity index (χ0n) is 12.6. The van der Waals surface area contributed by atoms with Gasteiger partial charge >= 0.3 is 11.8 Å². The lowest BCUT2D eigenvalue weighted by Crippen LogP contribution is -2.24. The molecule has 3 rings (SSSR count). The molecule has 0 saturated carbocycles. The lowest BCUT2D eigenvalue weighted by Gasteiger charge is -2.27. The van der Waals surface area contributed by atoms with Gasteiger partial charge in [0.25, 0.3) is 0 Å². The Morgan fingerprint density at radius 1 is 1.00 bits per heavy atom. The van der Waals surface area contributed by atoms with Gasteiger partial charge in [0.05, 0.1) is 5.92 Å². The number of hydrogen-bond acceptors (Lipinski definition) is 2. The van der Waals surface area contributed by atoms with Crippen molar-refractivity contribution in [2.75, 3.05) is 6.61 Å². The predicted molar refractivity (Wildman–Crippen MR) is 82.3 cm³/mol. The summed E-state index contributed by atoms with van der Waals surface area (Å²) < 4.78 is 83.5. The van der Waals surface area contributed by atoms with Crippen molar-refractivity contribution in [1.82, 2.24) is 0 Å². The Morgan fingerprint density at radius 3 is 2.24 bits per heavy atom. The summed E-state index contributed by atoms with van der Waals surface area (Å²) in [6, 6.07) is 8.46. The Labute approximate surface area is 140 Å². The minimum atomic E-state index is -5.37. The van der Waals surface area contributed by atoms with Crippen LogP contribution >= 0.6 is 7.92 Å². The van der Waals surface area contributed by atoms with Gasteiger partial charge in [0.15, 0.2) is 5.90 Å². The maximum absolute atomic E-state index is 13.0. The van der Waals surface area contributed by atoms with Crippen molar-refractivity contribution in [1.29, 1.82) is 0 Å². The molecule has 1 aliphatic heterocycles. The van der Waals surface area contributed by atoms with E-state index in [-0.39, 0.29) is 12.5 Å². The van der Waals surface area contributed by atoms with Crippen LogP contribution in [0.1, 0.15) is 11.6 Å². The quantitative estimate of drug-likeness (QED) is 0.484. The second kappa shape index (κ2) is 6.48. The van der Waals surface area contributed by atoms with Gasteiger partial charge < -0.3 is 4.74 Å². The van der Waals surface area contributed by atoms with Gasteiger partial charge in [-0.25, -0.2) is 4.99 Å². The van der Waals surface area contributed by atoms with Gasteiger partial charge in [-0.1, -0.05) is 48.6 Å². The number of alkyl halides is 6. The second-order valence-electron chi connectivity index (χ2n) is 5.43. The van der Waals surface area contributed by atoms with Crippen molar-refractivity contribution in [2.45, 2.75) is 17.9 Å². The molecule has 2 aliphatic rings. The molecule has 1 heterocycles. The molecule has 0 N–H and O–H groups in total. The standard InChI is InChI=1S/C16H12F6NOP/c17-15(18,19)25(16(20,21)22)13-8-4-7-11(13)14-23-12(9-24-14)10-5-2-1-3-6-10/h1-8,11-12H,9H2/t11?,12-/m1/s1. The third-order valence-electron chi connectivity index (χ3n) is 3.78. The van der Waals surface area contributed by atoms with Crippen LogP contribution in [-0.4, -0.2) is 24.3 Å². The summed E-state index contributed by atoms with van der Waals surface area (Å²) in [6.07, 6.45) is 3.32. The Hall–Kier alpha value is -1.82. The van der Waals surface area contributed by atoms with Crippen LogP contribution in [0.2, 0.25) is 0 Å². The van der Waals surface area contributed by atoms with Crippen molar-refractivity contribution >= 4 is 13.8 Å². The monoisotopic (exact) mass is 379 g/mol. The van der Waals surface area contributed by atoms with Crippen molar-refractivity contribution < 1.29 is 31.1 Å². The summed E-state index contributed by atoms with van der Waals surface area (Å²) in [4.78, 5) is 4.22. The molecule has 25 heavy (non-hydrogen) atoms. The maximum Gasteiger partial charge on any atom is 0.417 e. The number of aliphatic imine (C=N–C) groups is 1. The van der Waals surface area contributed by atoms with Crippen molar-refractivity contribution in [3.05, 3.63) is 59.4 Å². The Kier molecular flexibility index (Phi) is 4.66. The van der Waals surface area contributed by atoms with E-state index in [9.17, 15) is 26.3 Å². The zero-order valence-corrected chi connectivity index (χ0v) is 13.4. The minimum Gasteiger partial charge on any atom is -0.478 e. The number of ether oxygens (including phenoxy) is 1. The van der Waals surface area contributed by atoms with E-state index in [0.29, 0.717) is 0 Å². The molecule has 0 amide bonds. The first-order valence-electron chi connectivity index (χ1n) is 7.25. The van der Waals surface area contributed by atoms with E-state index in [0.717, 1.165) is 11.6 Å². The molecule has 0 fully saturated rings. The van der Waals surface area contributed by atoms with Gasteiger partial charge in [-0.05, 0) is 10.9 Å². The fourth-order valence-corrected chi connectivity index (χ4v) is 4.32. The summed E-state index contributed by atoms with van der Waals surface area (Å²) in [5, 5.41) is -0.748. The fraction of sp³-hybridized carbons (Fsp3) is 0.312. The van der Waals surface area contributed by atoms with Gasteiger partial charge in [0, 0.05) is 0 Å². The molecular formula is C16H12F6NOP. The molecule has 0 bridgehead atoms. The molecule has 1 aromatic carbocycles. The molecule has 0 saturated heterocycles. The van der Waals surface area contributed by atoms with Crippen molar-refractivity contribution in [3.8, 4) is 0 Å². The largest absolute Gasteiger partial charge is 0.478 e. The van der Waals surface area contributed by atoms with E-state index in [4.69, 9.17) is 4.74 Å². The minimum absolute atomic E-state index is 0.0902. The molecule has 134 valence electrons. The summed E-state index contributed by atoms with van der Waals surface area (Å²) in [5.41, 5.74) is 0.791. The lowest BCUT2D eigenvalue weighted by molar-refractivity contribution is -0.0821. The third-order valence-corrected chi connectivity index (χ3v) is 5.73. The number of hydrogen-bond donors (Lipinski definition) is 0. The van der Waals surface area contributed by atoms with Gasteiger partial charge in [0.1, 0.15) is 20.6 Å². The van der Waals surface area contributed by atoms with Gasteiger partial charge in [-0.2, -0.15) is 26.3 Å². The van der Waals surface area contributed by atoms with Crippen molar-refractivity contribution in [2.24, 2.45) is 10.9 Å². The summed E-state index contributed by atoms with van der Waals surface area (Å²) in [6.45, 7) is 0.0902. The molecule has 0 radical (unpaired) electrons. The number of benzene rings is 1. The van der Waals surface area contributed by atoms with Gasteiger partial charge in [0.2, 0.25) is 0 Å². The van der Waals surface area contributed by atoms with E-state index >= 15 is 0 Å². The van der Waals surface area contributed by atoms with E-state index in [2.05, 4.69) is 4.99 Å². The van der Waals surface area contributed by atoms with Crippen LogP contribution in [-0.2, 0) is 4.74 Å². The molecule has 0 aromatic heterocycles. The van der Waals surface area contributed by atoms with Crippen molar-refractivity contribution in [3.63, 3.8) is 0 Å². The fourth-order valence-electron chi connectivity index (χ4n) is 2.73. The van der Waals surface area contributed by atoms with E-state index in [1.54, 1.807) is 30.3 Å². The highest BCUT2D eigenvalue weighted by Crippen LogP contribution is 2.71. The summed E-state index contributed by atoms with van der Waals surface area (Å²) >= 11 is 0. The van der Waals surface area contributed by atoms with E-state index in [1.165, 1.54) is 12.2 Å². The average molecular weight is 379 g/mol. The van der Waals surface area contributed by atoms with Crippen LogP contribution in [0.5, 0.6) is 0 Å². The smallest absolute Gasteiger partial charge is 0.417 e. The van der Waals surface area contributed by atoms with Crippen LogP contribution in [0.15, 0.2) is 58.9 Å². The highest BCUT2D eigenvalue weighted by molar-refractivity contribution is 7.64.